The largest absolute Gasteiger partial charge is 0.488 e. The lowest BCUT2D eigenvalue weighted by atomic mass is 10.1. The molecule has 0 bridgehead atoms. The first-order valence-electron chi connectivity index (χ1n) is 7.72. The van der Waals surface area contributed by atoms with Crippen molar-refractivity contribution < 1.29 is 19.0 Å². The van der Waals surface area contributed by atoms with Crippen molar-refractivity contribution in [3.8, 4) is 17.2 Å². The molecule has 2 aromatic carbocycles. The van der Waals surface area contributed by atoms with E-state index < -0.39 is 0 Å². The molecule has 1 amide bonds. The molecule has 2 aliphatic heterocycles. The molecule has 0 saturated carbocycles. The Morgan fingerprint density at radius 1 is 1.04 bits per heavy atom. The van der Waals surface area contributed by atoms with Crippen LogP contribution in [0.4, 0.5) is 0 Å². The Balaban J connectivity index is 1.42. The zero-order valence-corrected chi connectivity index (χ0v) is 12.6. The van der Waals surface area contributed by atoms with E-state index in [-0.39, 0.29) is 12.0 Å². The molecule has 4 rings (SSSR count). The third-order valence-corrected chi connectivity index (χ3v) is 4.01. The molecule has 2 aromatic rings. The summed E-state index contributed by atoms with van der Waals surface area (Å²) in [6, 6.07) is 13.3. The van der Waals surface area contributed by atoms with Crippen LogP contribution in [0, 0.1) is 0 Å². The van der Waals surface area contributed by atoms with Crippen molar-refractivity contribution in [1.29, 1.82) is 0 Å². The average molecular weight is 311 g/mol. The maximum atomic E-state index is 12.4. The van der Waals surface area contributed by atoms with Gasteiger partial charge in [0.2, 0.25) is 0 Å². The smallest absolute Gasteiger partial charge is 0.255 e. The Morgan fingerprint density at radius 2 is 1.87 bits per heavy atom. The van der Waals surface area contributed by atoms with Crippen LogP contribution in [0.25, 0.3) is 0 Å². The van der Waals surface area contributed by atoms with E-state index in [2.05, 4.69) is 11.4 Å². The van der Waals surface area contributed by atoms with Crippen LogP contribution < -0.4 is 19.5 Å². The molecular weight excluding hydrogens is 294 g/mol. The number of hydrogen-bond donors (Lipinski definition) is 1. The minimum atomic E-state index is -0.174. The van der Waals surface area contributed by atoms with Gasteiger partial charge in [0.1, 0.15) is 25.1 Å². The second kappa shape index (κ2) is 5.83. The number of amides is 1. The Kier molecular flexibility index (Phi) is 3.54. The fourth-order valence-corrected chi connectivity index (χ4v) is 2.92. The van der Waals surface area contributed by atoms with Gasteiger partial charge >= 0.3 is 0 Å². The highest BCUT2D eigenvalue weighted by Crippen LogP contribution is 2.33. The third-order valence-electron chi connectivity index (χ3n) is 4.01. The maximum absolute atomic E-state index is 12.4. The predicted molar refractivity (Wildman–Crippen MR) is 84.3 cm³/mol. The van der Waals surface area contributed by atoms with Crippen molar-refractivity contribution in [3.63, 3.8) is 0 Å². The van der Waals surface area contributed by atoms with E-state index in [1.807, 2.05) is 24.3 Å². The minimum Gasteiger partial charge on any atom is -0.488 e. The molecule has 0 saturated heterocycles. The van der Waals surface area contributed by atoms with Crippen LogP contribution in [0.2, 0.25) is 0 Å². The number of fused-ring (bicyclic) bond motifs is 2. The summed E-state index contributed by atoms with van der Waals surface area (Å²) in [5.41, 5.74) is 1.68. The van der Waals surface area contributed by atoms with Gasteiger partial charge in [-0.2, -0.15) is 0 Å². The van der Waals surface area contributed by atoms with E-state index in [0.717, 1.165) is 12.2 Å². The lowest BCUT2D eigenvalue weighted by Gasteiger charge is -2.21. The lowest BCUT2D eigenvalue weighted by molar-refractivity contribution is 0.0922. The molecule has 1 N–H and O–H groups in total. The Hall–Kier alpha value is -2.69. The zero-order valence-electron chi connectivity index (χ0n) is 12.6. The SMILES string of the molecule is O=C(NC[C@H]1Cc2ccccc2O1)c1cccc2c1OCCO2. The van der Waals surface area contributed by atoms with E-state index in [9.17, 15) is 4.79 Å². The van der Waals surface area contributed by atoms with Crippen molar-refractivity contribution in [2.24, 2.45) is 0 Å². The first-order valence-corrected chi connectivity index (χ1v) is 7.72. The molecule has 23 heavy (non-hydrogen) atoms. The van der Waals surface area contributed by atoms with E-state index in [0.29, 0.717) is 36.8 Å². The number of ether oxygens (including phenoxy) is 3. The predicted octanol–water partition coefficient (Wildman–Crippen LogP) is 2.19. The highest BCUT2D eigenvalue weighted by atomic mass is 16.6. The zero-order chi connectivity index (χ0) is 15.6. The van der Waals surface area contributed by atoms with Crippen LogP contribution in [0.3, 0.4) is 0 Å². The summed E-state index contributed by atoms with van der Waals surface area (Å²) < 4.78 is 16.9. The van der Waals surface area contributed by atoms with Gasteiger partial charge in [-0.1, -0.05) is 24.3 Å². The molecule has 1 atom stereocenters. The Morgan fingerprint density at radius 3 is 2.78 bits per heavy atom. The van der Waals surface area contributed by atoms with Crippen LogP contribution in [0.5, 0.6) is 17.2 Å². The topological polar surface area (TPSA) is 56.8 Å². The van der Waals surface area contributed by atoms with Gasteiger partial charge in [-0.3, -0.25) is 4.79 Å². The van der Waals surface area contributed by atoms with Crippen LogP contribution in [-0.4, -0.2) is 31.8 Å². The van der Waals surface area contributed by atoms with Crippen molar-refractivity contribution >= 4 is 5.91 Å². The maximum Gasteiger partial charge on any atom is 0.255 e. The number of nitrogens with one attached hydrogen (secondary N) is 1. The van der Waals surface area contributed by atoms with Gasteiger partial charge in [0, 0.05) is 6.42 Å². The van der Waals surface area contributed by atoms with E-state index >= 15 is 0 Å². The van der Waals surface area contributed by atoms with Crippen LogP contribution in [0.15, 0.2) is 42.5 Å². The second-order valence-electron chi connectivity index (χ2n) is 5.59. The summed E-state index contributed by atoms with van der Waals surface area (Å²) in [7, 11) is 0. The third kappa shape index (κ3) is 2.70. The number of benzene rings is 2. The van der Waals surface area contributed by atoms with E-state index in [1.54, 1.807) is 12.1 Å². The first-order chi connectivity index (χ1) is 11.3. The molecular formula is C18H17NO4. The van der Waals surface area contributed by atoms with Crippen molar-refractivity contribution in [2.75, 3.05) is 19.8 Å². The highest BCUT2D eigenvalue weighted by molar-refractivity contribution is 5.97. The standard InChI is InChI=1S/C18H17NO4/c20-18(14-5-3-7-16-17(14)22-9-8-21-16)19-11-13-10-12-4-1-2-6-15(12)23-13/h1-7,13H,8-11H2,(H,19,20)/t13-/m1/s1. The fourth-order valence-electron chi connectivity index (χ4n) is 2.92. The molecule has 0 radical (unpaired) electrons. The van der Waals surface area contributed by atoms with Crippen LogP contribution >= 0.6 is 0 Å². The second-order valence-corrected chi connectivity index (χ2v) is 5.59. The van der Waals surface area contributed by atoms with E-state index in [1.165, 1.54) is 5.56 Å². The molecule has 2 heterocycles. The Bertz CT molecular complexity index is 719. The minimum absolute atomic E-state index is 0.0342. The van der Waals surface area contributed by atoms with Crippen molar-refractivity contribution in [2.45, 2.75) is 12.5 Å². The Labute approximate surface area is 134 Å². The monoisotopic (exact) mass is 311 g/mol. The van der Waals surface area contributed by atoms with Gasteiger partial charge in [0.05, 0.1) is 12.1 Å². The summed E-state index contributed by atoms with van der Waals surface area (Å²) in [4.78, 5) is 12.4. The van der Waals surface area contributed by atoms with E-state index in [4.69, 9.17) is 14.2 Å². The lowest BCUT2D eigenvalue weighted by Crippen LogP contribution is -2.35. The van der Waals surface area contributed by atoms with Crippen molar-refractivity contribution in [3.05, 3.63) is 53.6 Å². The quantitative estimate of drug-likeness (QED) is 0.944. The summed E-state index contributed by atoms with van der Waals surface area (Å²) in [6.45, 7) is 1.42. The number of para-hydroxylation sites is 2. The molecule has 0 aliphatic carbocycles. The summed E-state index contributed by atoms with van der Waals surface area (Å²) in [5.74, 6) is 1.87. The van der Waals surface area contributed by atoms with Gasteiger partial charge < -0.3 is 19.5 Å². The number of rotatable bonds is 3. The van der Waals surface area contributed by atoms with Crippen molar-refractivity contribution in [1.82, 2.24) is 5.32 Å². The molecule has 118 valence electrons. The molecule has 2 aliphatic rings. The normalized spacial score (nSPS) is 18.0. The summed E-state index contributed by atoms with van der Waals surface area (Å²) in [6.07, 6.45) is 0.774. The van der Waals surface area contributed by atoms with Gasteiger partial charge in [0.15, 0.2) is 11.5 Å². The van der Waals surface area contributed by atoms with Gasteiger partial charge in [-0.25, -0.2) is 0 Å². The van der Waals surface area contributed by atoms with Crippen LogP contribution in [-0.2, 0) is 6.42 Å². The average Bonchev–Trinajstić information content (AvgIpc) is 3.02. The first kappa shape index (κ1) is 13.9. The molecule has 5 nitrogen and oxygen atoms in total. The highest BCUT2D eigenvalue weighted by Gasteiger charge is 2.24. The molecule has 5 heteroatoms. The van der Waals surface area contributed by atoms with Gasteiger partial charge in [-0.15, -0.1) is 0 Å². The molecule has 0 fully saturated rings. The molecule has 0 unspecified atom stereocenters. The summed E-state index contributed by atoms with van der Waals surface area (Å²) >= 11 is 0. The molecule has 0 aromatic heterocycles. The number of hydrogen-bond acceptors (Lipinski definition) is 4. The van der Waals surface area contributed by atoms with Crippen LogP contribution in [0.1, 0.15) is 15.9 Å². The summed E-state index contributed by atoms with van der Waals surface area (Å²) in [5, 5.41) is 2.93. The fraction of sp³-hybridized carbons (Fsp3) is 0.278. The van der Waals surface area contributed by atoms with Gasteiger partial charge in [0.25, 0.3) is 5.91 Å². The van der Waals surface area contributed by atoms with Gasteiger partial charge in [-0.05, 0) is 23.8 Å². The number of carbonyl (C=O) groups is 1. The number of carbonyl (C=O) groups excluding carboxylic acids is 1. The molecule has 0 spiro atoms.